The molecule has 121 heavy (non-hydrogen) atoms. The molecule has 42 nitrogen and oxygen atoms in total. The summed E-state index contributed by atoms with van der Waals surface area (Å²) in [6, 6.07) is 0. The summed E-state index contributed by atoms with van der Waals surface area (Å²) < 4.78 is 108. The zero-order valence-electron chi connectivity index (χ0n) is 69.0. The third-order valence-corrected chi connectivity index (χ3v) is 29.1. The highest BCUT2D eigenvalue weighted by Gasteiger charge is 2.74. The second kappa shape index (κ2) is 36.1. The lowest BCUT2D eigenvalue weighted by Crippen LogP contribution is -2.69. The minimum atomic E-state index is -2.25. The summed E-state index contributed by atoms with van der Waals surface area (Å²) in [5.74, 6) is -6.07. The first-order valence-electron chi connectivity index (χ1n) is 41.6. The first-order valence-corrected chi connectivity index (χ1v) is 41.6. The van der Waals surface area contributed by atoms with Gasteiger partial charge in [0.2, 0.25) is 6.29 Å². The number of carboxylic acids is 1. The van der Waals surface area contributed by atoms with Crippen LogP contribution in [0.15, 0.2) is 11.6 Å². The Hall–Kier alpha value is -4.03. The lowest BCUT2D eigenvalue weighted by Gasteiger charge is -2.71. The fourth-order valence-corrected chi connectivity index (χ4v) is 22.1. The maximum atomic E-state index is 16.3. The molecule has 8 saturated heterocycles. The van der Waals surface area contributed by atoms with E-state index in [0.29, 0.717) is 38.5 Å². The Bertz CT molecular complexity index is 3650. The third-order valence-electron chi connectivity index (χ3n) is 29.1. The minimum Gasteiger partial charge on any atom is -0.479 e. The number of carboxylic acid groups (broad SMARTS) is 1. The van der Waals surface area contributed by atoms with Crippen LogP contribution in [0.25, 0.3) is 0 Å². The second-order valence-corrected chi connectivity index (χ2v) is 37.1. The molecule has 47 atom stereocenters. The molecule has 0 aromatic heterocycles. The molecule has 690 valence electrons. The number of aliphatic carboxylic acids is 1. The Labute approximate surface area is 695 Å². The van der Waals surface area contributed by atoms with Crippen LogP contribution < -0.4 is 0 Å². The zero-order valence-corrected chi connectivity index (χ0v) is 69.0. The minimum absolute atomic E-state index is 0.0346. The van der Waals surface area contributed by atoms with Crippen LogP contribution in [0, 0.1) is 50.2 Å². The number of aliphatic hydroxyl groups excluding tert-OH is 18. The van der Waals surface area contributed by atoms with Gasteiger partial charge in [-0.25, -0.2) is 4.79 Å². The molecule has 0 unspecified atom stereocenters. The molecule has 8 aliphatic heterocycles. The predicted octanol–water partition coefficient (Wildman–Crippen LogP) is -6.35. The Morgan fingerprint density at radius 2 is 0.942 bits per heavy atom. The number of esters is 3. The maximum absolute atomic E-state index is 16.3. The van der Waals surface area contributed by atoms with E-state index in [9.17, 15) is 116 Å². The largest absolute Gasteiger partial charge is 0.479 e. The number of aldehydes is 1. The highest BCUT2D eigenvalue weighted by Crippen LogP contribution is 2.76. The summed E-state index contributed by atoms with van der Waals surface area (Å²) >= 11 is 0. The van der Waals surface area contributed by atoms with Crippen LogP contribution in [0.3, 0.4) is 0 Å². The van der Waals surface area contributed by atoms with Crippen molar-refractivity contribution in [3.05, 3.63) is 11.6 Å². The number of carbonyl (C=O) groups is 5. The van der Waals surface area contributed by atoms with Crippen LogP contribution >= 0.6 is 0 Å². The summed E-state index contributed by atoms with van der Waals surface area (Å²) in [7, 11) is 0. The molecule has 4 saturated carbocycles. The second-order valence-electron chi connectivity index (χ2n) is 37.1. The van der Waals surface area contributed by atoms with Crippen molar-refractivity contribution in [2.75, 3.05) is 26.4 Å². The third kappa shape index (κ3) is 17.1. The standard InChI is InChI=1S/C79H122O42/c1-27-55(114-67-53(99)58(36(86)25-106-67)116-65-47(93)42(88)34(84)23-104-65)46(92)50(96)68(107-27)119-62-51(97)56(115-70-54(100)60(111-31(5)83)57(29(3)108-70)110-30(4)82)28(2)109-71(62)121-73(103)79-19-18-74(6,7)20-33(79)32-12-13-39-75(8)16-15-41(76(9,26-81)38(75)14-17-77(39,10)78(32,11)21-40(79)87)113-72-63(120-69-49(95)45(91)44(90)37(22-80)112-69)59(52(98)61(118-72)64(101)102)117-66-48(94)43(89)35(85)24-105-66/h12,26-29,33-63,65-72,80,84-100H,13-25H2,1-11H3,(H,101,102)/t27-,28+,29+,33-,34+,35+,36+,37+,38+,39+,40+,41-,42-,43-,44-,45-,46-,47+,48+,49+,50+,51-,52-,53+,54+,55-,56-,57+,58-,59-,60+,61-,62+,63+,65-,66-,67-,68-,69-,70-,71-,72+,75-,76-,77+,78+,79+/m0/s1. The molecule has 0 aromatic carbocycles. The molecule has 13 aliphatic rings. The van der Waals surface area contributed by atoms with Gasteiger partial charge in [0.1, 0.15) is 146 Å². The van der Waals surface area contributed by atoms with Gasteiger partial charge < -0.3 is 187 Å². The van der Waals surface area contributed by atoms with Gasteiger partial charge in [0.05, 0.1) is 62.4 Å². The van der Waals surface area contributed by atoms with Crippen molar-refractivity contribution >= 4 is 30.2 Å². The topological polar surface area (TPSA) is 636 Å². The SMILES string of the molecule is CC(=O)O[C@@H]1[C@@H](O)[C@H](O[C@@H]2[C@H](O)[C@@H](O[C@@H]3O[C@@H](C)[C@H](O[C@@H]4OC[C@@H](O)[C@H](O[C@@H]5OC[C@@H](O)[C@H](O)[C@H]5O)[C@H]4O)[C@@H](O)[C@H]3O)[C@H](OC(=O)[C@]34CCC(C)(C)C[C@H]3C3=CC[C@@H]5[C@@]6(C)CC[C@H](O[C@@H]7O[C@H](C(=O)O)[C@@H](O)[C@H](O[C@@H]8OC[C@@H](O)[C@H](O)[C@H]8O)[C@H]7O[C@@H]7O[C@H](CO)[C@H](O)[C@H](O)[C@H]7O)[C@@](C)(C=O)[C@@H]6CC[C@@]5(C)[C@]3(C)C[C@H]4O)O[C@@H]2C)O[C@H](C)[C@H]1OC(C)=O. The van der Waals surface area contributed by atoms with Crippen LogP contribution in [0.1, 0.15) is 134 Å². The number of rotatable bonds is 21. The first kappa shape index (κ1) is 94.6. The fourth-order valence-electron chi connectivity index (χ4n) is 22.1. The molecule has 0 amide bonds. The number of ether oxygens (including phenoxy) is 18. The Morgan fingerprint density at radius 1 is 0.446 bits per heavy atom. The van der Waals surface area contributed by atoms with E-state index in [1.54, 1.807) is 6.92 Å². The Morgan fingerprint density at radius 3 is 1.54 bits per heavy atom. The summed E-state index contributed by atoms with van der Waals surface area (Å²) in [6.45, 7) is 15.8. The van der Waals surface area contributed by atoms with E-state index in [-0.39, 0.29) is 25.2 Å². The number of aliphatic hydroxyl groups is 18. The quantitative estimate of drug-likeness (QED) is 0.0167. The summed E-state index contributed by atoms with van der Waals surface area (Å²) in [5.41, 5.74) is -5.35. The van der Waals surface area contributed by atoms with Crippen LogP contribution in [-0.4, -0.2) is 393 Å². The molecule has 0 radical (unpaired) electrons. The van der Waals surface area contributed by atoms with Crippen molar-refractivity contribution < 1.29 is 206 Å². The molecule has 19 N–H and O–H groups in total. The van der Waals surface area contributed by atoms with Crippen molar-refractivity contribution in [3.63, 3.8) is 0 Å². The number of allylic oxidation sites excluding steroid dienone is 2. The highest BCUT2D eigenvalue weighted by molar-refractivity contribution is 5.80. The average Bonchev–Trinajstić information content (AvgIpc) is 0.668. The normalized spacial score (nSPS) is 53.1. The van der Waals surface area contributed by atoms with E-state index in [4.69, 9.17) is 85.3 Å². The van der Waals surface area contributed by atoms with Crippen molar-refractivity contribution in [3.8, 4) is 0 Å². The Balaban J connectivity index is 0.777. The summed E-state index contributed by atoms with van der Waals surface area (Å²) in [5, 5.41) is 213. The molecule has 5 aliphatic carbocycles. The van der Waals surface area contributed by atoms with Crippen molar-refractivity contribution in [2.24, 2.45) is 50.2 Å². The van der Waals surface area contributed by atoms with Crippen LogP contribution in [-0.2, 0) is 109 Å². The summed E-state index contributed by atoms with van der Waals surface area (Å²) in [6.07, 6.45) is -65.1. The highest BCUT2D eigenvalue weighted by atomic mass is 16.8. The fraction of sp³-hybridized carbons (Fsp3) is 0.911. The van der Waals surface area contributed by atoms with Gasteiger partial charge in [0.25, 0.3) is 0 Å². The van der Waals surface area contributed by atoms with E-state index < -0.39 is 334 Å². The van der Waals surface area contributed by atoms with Crippen LogP contribution in [0.5, 0.6) is 0 Å². The molecule has 8 heterocycles. The predicted molar refractivity (Wildman–Crippen MR) is 393 cm³/mol. The number of fused-ring (bicyclic) bond motifs is 7. The monoisotopic (exact) mass is 1740 g/mol. The summed E-state index contributed by atoms with van der Waals surface area (Å²) in [4.78, 5) is 68.6. The lowest BCUT2D eigenvalue weighted by atomic mass is 9.33. The molecule has 0 bridgehead atoms. The molecular formula is C79H122O42. The van der Waals surface area contributed by atoms with E-state index in [2.05, 4.69) is 26.8 Å². The molecule has 12 fully saturated rings. The number of hydrogen-bond donors (Lipinski definition) is 19. The van der Waals surface area contributed by atoms with E-state index >= 15 is 4.79 Å². The zero-order chi connectivity index (χ0) is 88.5. The van der Waals surface area contributed by atoms with E-state index in [0.717, 1.165) is 25.7 Å². The van der Waals surface area contributed by atoms with Gasteiger partial charge in [0.15, 0.2) is 68.4 Å². The number of carbonyl (C=O) groups excluding carboxylic acids is 4. The molecule has 42 heteroatoms. The van der Waals surface area contributed by atoms with E-state index in [1.807, 2.05) is 13.8 Å². The van der Waals surface area contributed by atoms with Gasteiger partial charge in [-0.15, -0.1) is 0 Å². The van der Waals surface area contributed by atoms with Gasteiger partial charge in [-0.05, 0) is 118 Å². The van der Waals surface area contributed by atoms with E-state index in [1.165, 1.54) is 20.8 Å². The van der Waals surface area contributed by atoms with Gasteiger partial charge in [0, 0.05) is 13.8 Å². The molecule has 0 spiro atoms. The van der Waals surface area contributed by atoms with Gasteiger partial charge in [-0.2, -0.15) is 0 Å². The Kier molecular flexibility index (Phi) is 28.2. The molecule has 13 rings (SSSR count). The molecule has 0 aromatic rings. The average molecular weight is 1740 g/mol. The van der Waals surface area contributed by atoms with Crippen molar-refractivity contribution in [2.45, 2.75) is 373 Å². The maximum Gasteiger partial charge on any atom is 0.335 e. The van der Waals surface area contributed by atoms with Crippen LogP contribution in [0.2, 0.25) is 0 Å². The van der Waals surface area contributed by atoms with Crippen molar-refractivity contribution in [1.82, 2.24) is 0 Å². The number of hydrogen-bond acceptors (Lipinski definition) is 41. The van der Waals surface area contributed by atoms with Gasteiger partial charge in [-0.3, -0.25) is 14.4 Å². The van der Waals surface area contributed by atoms with Gasteiger partial charge in [-0.1, -0.05) is 53.2 Å². The van der Waals surface area contributed by atoms with Gasteiger partial charge >= 0.3 is 23.9 Å². The lowest BCUT2D eigenvalue weighted by molar-refractivity contribution is -0.391. The van der Waals surface area contributed by atoms with Crippen LogP contribution in [0.4, 0.5) is 0 Å². The first-order chi connectivity index (χ1) is 56.7. The smallest absolute Gasteiger partial charge is 0.335 e. The van der Waals surface area contributed by atoms with Crippen molar-refractivity contribution in [1.29, 1.82) is 0 Å². The molecular weight excluding hydrogens is 1620 g/mol.